The number of thiazole rings is 1. The standard InChI is InChI=1S/C16H12N4O5S2/c21-15(18-16-17-9-10-26-16)11-1-3-12(4-2-11)19-27(24,25)14-7-5-13(6-8-14)20(22)23/h1-10,19H,(H,17,18,21). The maximum atomic E-state index is 12.3. The molecular formula is C16H12N4O5S2. The molecule has 3 rings (SSSR count). The molecule has 3 aromatic rings. The summed E-state index contributed by atoms with van der Waals surface area (Å²) >= 11 is 1.28. The normalized spacial score (nSPS) is 11.0. The van der Waals surface area contributed by atoms with E-state index in [0.29, 0.717) is 10.7 Å². The van der Waals surface area contributed by atoms with E-state index < -0.39 is 14.9 Å². The van der Waals surface area contributed by atoms with Crippen molar-refractivity contribution in [3.05, 3.63) is 75.8 Å². The van der Waals surface area contributed by atoms with Crippen LogP contribution in [0.3, 0.4) is 0 Å². The lowest BCUT2D eigenvalue weighted by Gasteiger charge is -2.09. The number of non-ortho nitro benzene ring substituents is 1. The largest absolute Gasteiger partial charge is 0.298 e. The van der Waals surface area contributed by atoms with Gasteiger partial charge in [-0.3, -0.25) is 24.9 Å². The number of hydrogen-bond donors (Lipinski definition) is 2. The summed E-state index contributed by atoms with van der Waals surface area (Å²) in [7, 11) is -3.91. The number of nitro benzene ring substituents is 1. The van der Waals surface area contributed by atoms with E-state index in [9.17, 15) is 23.3 Å². The van der Waals surface area contributed by atoms with E-state index in [1.165, 1.54) is 35.6 Å². The molecule has 138 valence electrons. The topological polar surface area (TPSA) is 131 Å². The number of rotatable bonds is 6. The quantitative estimate of drug-likeness (QED) is 0.479. The maximum absolute atomic E-state index is 12.3. The molecule has 0 saturated heterocycles. The highest BCUT2D eigenvalue weighted by Gasteiger charge is 2.16. The molecule has 1 heterocycles. The van der Waals surface area contributed by atoms with Crippen LogP contribution in [0, 0.1) is 10.1 Å². The van der Waals surface area contributed by atoms with E-state index in [2.05, 4.69) is 15.0 Å². The van der Waals surface area contributed by atoms with E-state index in [4.69, 9.17) is 0 Å². The lowest BCUT2D eigenvalue weighted by atomic mass is 10.2. The Labute approximate surface area is 157 Å². The third-order valence-electron chi connectivity index (χ3n) is 3.41. The van der Waals surface area contributed by atoms with Crippen LogP contribution < -0.4 is 10.0 Å². The number of hydrogen-bond acceptors (Lipinski definition) is 7. The Morgan fingerprint density at radius 3 is 2.30 bits per heavy atom. The summed E-state index contributed by atoms with van der Waals surface area (Å²) in [4.78, 5) is 26.0. The SMILES string of the molecule is O=C(Nc1nccs1)c1ccc(NS(=O)(=O)c2ccc([N+](=O)[O-])cc2)cc1. The van der Waals surface area contributed by atoms with Gasteiger partial charge in [0, 0.05) is 35.0 Å². The molecule has 0 bridgehead atoms. The van der Waals surface area contributed by atoms with Crippen LogP contribution in [0.5, 0.6) is 0 Å². The Hall–Kier alpha value is -3.31. The lowest BCUT2D eigenvalue weighted by molar-refractivity contribution is -0.384. The Kier molecular flexibility index (Phi) is 5.14. The summed E-state index contributed by atoms with van der Waals surface area (Å²) in [6.45, 7) is 0. The second-order valence-corrected chi connectivity index (χ2v) is 7.80. The first-order valence-electron chi connectivity index (χ1n) is 7.43. The van der Waals surface area contributed by atoms with E-state index in [1.807, 2.05) is 0 Å². The fraction of sp³-hybridized carbons (Fsp3) is 0. The molecule has 2 N–H and O–H groups in total. The molecule has 0 spiro atoms. The molecule has 0 aliphatic carbocycles. The Morgan fingerprint density at radius 2 is 1.74 bits per heavy atom. The van der Waals surface area contributed by atoms with Gasteiger partial charge in [0.2, 0.25) is 0 Å². The van der Waals surface area contributed by atoms with E-state index >= 15 is 0 Å². The zero-order chi connectivity index (χ0) is 19.4. The van der Waals surface area contributed by atoms with Crippen molar-refractivity contribution in [1.29, 1.82) is 0 Å². The van der Waals surface area contributed by atoms with Crippen molar-refractivity contribution in [2.24, 2.45) is 0 Å². The molecule has 0 fully saturated rings. The molecule has 0 saturated carbocycles. The number of benzene rings is 2. The van der Waals surface area contributed by atoms with Gasteiger partial charge in [-0.1, -0.05) is 0 Å². The molecule has 1 amide bonds. The number of sulfonamides is 1. The Morgan fingerprint density at radius 1 is 1.07 bits per heavy atom. The van der Waals surface area contributed by atoms with E-state index in [0.717, 1.165) is 24.3 Å². The first-order chi connectivity index (χ1) is 12.8. The first kappa shape index (κ1) is 18.5. The molecule has 0 unspecified atom stereocenters. The van der Waals surface area contributed by atoms with Gasteiger partial charge in [-0.25, -0.2) is 13.4 Å². The van der Waals surface area contributed by atoms with Crippen LogP contribution in [0.15, 0.2) is 65.0 Å². The number of amides is 1. The second-order valence-electron chi connectivity index (χ2n) is 5.23. The Bertz CT molecular complexity index is 1060. The van der Waals surface area contributed by atoms with Crippen molar-refractivity contribution in [3.8, 4) is 0 Å². The molecule has 11 heteroatoms. The molecular weight excluding hydrogens is 392 g/mol. The average Bonchev–Trinajstić information content (AvgIpc) is 3.15. The third-order valence-corrected chi connectivity index (χ3v) is 5.50. The second kappa shape index (κ2) is 7.51. The summed E-state index contributed by atoms with van der Waals surface area (Å²) in [6.07, 6.45) is 1.57. The number of anilines is 2. The van der Waals surface area contributed by atoms with Crippen molar-refractivity contribution < 1.29 is 18.1 Å². The van der Waals surface area contributed by atoms with Crippen LogP contribution in [-0.4, -0.2) is 24.2 Å². The number of carbonyl (C=O) groups excluding carboxylic acids is 1. The van der Waals surface area contributed by atoms with Crippen LogP contribution in [-0.2, 0) is 10.0 Å². The molecule has 0 radical (unpaired) electrons. The number of nitrogens with one attached hydrogen (secondary N) is 2. The van der Waals surface area contributed by atoms with Crippen LogP contribution >= 0.6 is 11.3 Å². The molecule has 0 atom stereocenters. The van der Waals surface area contributed by atoms with Crippen LogP contribution in [0.25, 0.3) is 0 Å². The maximum Gasteiger partial charge on any atom is 0.269 e. The fourth-order valence-corrected chi connectivity index (χ4v) is 3.69. The van der Waals surface area contributed by atoms with Gasteiger partial charge in [0.05, 0.1) is 9.82 Å². The monoisotopic (exact) mass is 404 g/mol. The lowest BCUT2D eigenvalue weighted by Crippen LogP contribution is -2.14. The van der Waals surface area contributed by atoms with Gasteiger partial charge in [0.1, 0.15) is 0 Å². The molecule has 9 nitrogen and oxygen atoms in total. The molecule has 2 aromatic carbocycles. The number of aromatic nitrogens is 1. The number of carbonyl (C=O) groups is 1. The van der Waals surface area contributed by atoms with Gasteiger partial charge < -0.3 is 0 Å². The van der Waals surface area contributed by atoms with E-state index in [-0.39, 0.29) is 22.2 Å². The van der Waals surface area contributed by atoms with Crippen molar-refractivity contribution in [2.45, 2.75) is 4.90 Å². The fourth-order valence-electron chi connectivity index (χ4n) is 2.11. The van der Waals surface area contributed by atoms with Gasteiger partial charge in [-0.15, -0.1) is 11.3 Å². The van der Waals surface area contributed by atoms with Gasteiger partial charge in [0.25, 0.3) is 21.6 Å². The summed E-state index contributed by atoms with van der Waals surface area (Å²) < 4.78 is 27.0. The van der Waals surface area contributed by atoms with Gasteiger partial charge in [0.15, 0.2) is 5.13 Å². The minimum atomic E-state index is -3.91. The van der Waals surface area contributed by atoms with Gasteiger partial charge in [-0.2, -0.15) is 0 Å². The third kappa shape index (κ3) is 4.46. The minimum Gasteiger partial charge on any atom is -0.298 e. The van der Waals surface area contributed by atoms with Crippen LogP contribution in [0.2, 0.25) is 0 Å². The summed E-state index contributed by atoms with van der Waals surface area (Å²) in [6, 6.07) is 10.3. The zero-order valence-corrected chi connectivity index (χ0v) is 15.2. The van der Waals surface area contributed by atoms with Crippen LogP contribution in [0.1, 0.15) is 10.4 Å². The molecule has 1 aromatic heterocycles. The zero-order valence-electron chi connectivity index (χ0n) is 13.5. The predicted octanol–water partition coefficient (Wildman–Crippen LogP) is 3.10. The van der Waals surface area contributed by atoms with Crippen molar-refractivity contribution in [3.63, 3.8) is 0 Å². The number of nitrogens with zero attached hydrogens (tertiary/aromatic N) is 2. The molecule has 0 aliphatic heterocycles. The summed E-state index contributed by atoms with van der Waals surface area (Å²) in [5.41, 5.74) is 0.382. The highest BCUT2D eigenvalue weighted by molar-refractivity contribution is 7.92. The smallest absolute Gasteiger partial charge is 0.269 e. The molecule has 27 heavy (non-hydrogen) atoms. The highest BCUT2D eigenvalue weighted by atomic mass is 32.2. The summed E-state index contributed by atoms with van der Waals surface area (Å²) in [5, 5.41) is 15.5. The van der Waals surface area contributed by atoms with E-state index in [1.54, 1.807) is 11.6 Å². The Balaban J connectivity index is 1.71. The predicted molar refractivity (Wildman–Crippen MR) is 100 cm³/mol. The van der Waals surface area contributed by atoms with Crippen molar-refractivity contribution in [2.75, 3.05) is 10.0 Å². The summed E-state index contributed by atoms with van der Waals surface area (Å²) in [5.74, 6) is -0.366. The highest BCUT2D eigenvalue weighted by Crippen LogP contribution is 2.20. The van der Waals surface area contributed by atoms with Crippen LogP contribution in [0.4, 0.5) is 16.5 Å². The van der Waals surface area contributed by atoms with Crippen molar-refractivity contribution in [1.82, 2.24) is 4.98 Å². The van der Waals surface area contributed by atoms with Crippen molar-refractivity contribution >= 4 is 43.8 Å². The van der Waals surface area contributed by atoms with Gasteiger partial charge >= 0.3 is 0 Å². The molecule has 0 aliphatic rings. The number of nitro groups is 1. The minimum absolute atomic E-state index is 0.112. The average molecular weight is 404 g/mol. The first-order valence-corrected chi connectivity index (χ1v) is 9.79. The van der Waals surface area contributed by atoms with Gasteiger partial charge in [-0.05, 0) is 36.4 Å².